The van der Waals surface area contributed by atoms with E-state index in [0.29, 0.717) is 13.0 Å². The Kier molecular flexibility index (Phi) is 1.92. The van der Waals surface area contributed by atoms with Gasteiger partial charge in [-0.05, 0) is 18.1 Å². The molecule has 0 aliphatic carbocycles. The van der Waals surface area contributed by atoms with E-state index < -0.39 is 9.84 Å². The number of rotatable bonds is 1. The first-order valence-corrected chi connectivity index (χ1v) is 6.03. The monoisotopic (exact) mass is 200 g/mol. The highest BCUT2D eigenvalue weighted by molar-refractivity contribution is 7.90. The fourth-order valence-corrected chi connectivity index (χ4v) is 3.00. The van der Waals surface area contributed by atoms with Gasteiger partial charge >= 0.3 is 0 Å². The average molecular weight is 200 g/mol. The third-order valence-corrected chi connectivity index (χ3v) is 3.87. The highest BCUT2D eigenvalue weighted by Gasteiger charge is 2.22. The molecular weight excluding hydrogens is 188 g/mol. The van der Waals surface area contributed by atoms with Crippen LogP contribution in [0.1, 0.15) is 17.0 Å². The Morgan fingerprint density at radius 1 is 1.54 bits per heavy atom. The van der Waals surface area contributed by atoms with Gasteiger partial charge in [0.1, 0.15) is 0 Å². The van der Waals surface area contributed by atoms with E-state index >= 15 is 0 Å². The Labute approximate surface area is 77.1 Å². The standard InChI is InChI=1S/C8H12N2O2S/c9-4-7-3-6-1-2-13(11,12)5-8(6)10-7/h3,10H,1-2,4-5,9H2. The van der Waals surface area contributed by atoms with Gasteiger partial charge in [-0.25, -0.2) is 8.42 Å². The van der Waals surface area contributed by atoms with E-state index in [1.54, 1.807) is 0 Å². The van der Waals surface area contributed by atoms with Gasteiger partial charge in [0.05, 0.1) is 11.5 Å². The first-order valence-electron chi connectivity index (χ1n) is 4.21. The lowest BCUT2D eigenvalue weighted by atomic mass is 10.2. The molecule has 1 aliphatic rings. The van der Waals surface area contributed by atoms with Gasteiger partial charge < -0.3 is 10.7 Å². The van der Waals surface area contributed by atoms with Crippen LogP contribution in [0.5, 0.6) is 0 Å². The summed E-state index contributed by atoms with van der Waals surface area (Å²) in [6.45, 7) is 0.438. The molecule has 0 radical (unpaired) electrons. The summed E-state index contributed by atoms with van der Waals surface area (Å²) in [5.74, 6) is 0.407. The summed E-state index contributed by atoms with van der Waals surface area (Å²) in [6, 6.07) is 1.96. The Morgan fingerprint density at radius 3 is 3.00 bits per heavy atom. The van der Waals surface area contributed by atoms with Crippen molar-refractivity contribution in [1.82, 2.24) is 4.98 Å². The van der Waals surface area contributed by atoms with Crippen LogP contribution in [0.2, 0.25) is 0 Å². The smallest absolute Gasteiger partial charge is 0.156 e. The molecule has 0 amide bonds. The van der Waals surface area contributed by atoms with Gasteiger partial charge in [-0.15, -0.1) is 0 Å². The van der Waals surface area contributed by atoms with E-state index in [4.69, 9.17) is 5.73 Å². The Morgan fingerprint density at radius 2 is 2.31 bits per heavy atom. The molecule has 0 atom stereocenters. The number of aromatic amines is 1. The third-order valence-electron chi connectivity index (χ3n) is 2.31. The Bertz CT molecular complexity index is 419. The van der Waals surface area contributed by atoms with Crippen molar-refractivity contribution in [3.63, 3.8) is 0 Å². The molecule has 0 saturated carbocycles. The Balaban J connectivity index is 2.40. The van der Waals surface area contributed by atoms with Crippen molar-refractivity contribution in [3.8, 4) is 0 Å². The van der Waals surface area contributed by atoms with E-state index in [0.717, 1.165) is 17.0 Å². The van der Waals surface area contributed by atoms with E-state index in [1.165, 1.54) is 0 Å². The molecule has 5 heteroatoms. The minimum absolute atomic E-state index is 0.141. The van der Waals surface area contributed by atoms with E-state index in [1.807, 2.05) is 6.07 Å². The lowest BCUT2D eigenvalue weighted by Crippen LogP contribution is -2.18. The number of nitrogens with two attached hydrogens (primary N) is 1. The number of H-pyrrole nitrogens is 1. The molecule has 2 heterocycles. The van der Waals surface area contributed by atoms with Gasteiger partial charge in [0.15, 0.2) is 9.84 Å². The molecule has 72 valence electrons. The average Bonchev–Trinajstić information content (AvgIpc) is 2.44. The van der Waals surface area contributed by atoms with Crippen LogP contribution in [0.3, 0.4) is 0 Å². The van der Waals surface area contributed by atoms with Crippen LogP contribution in [0.4, 0.5) is 0 Å². The summed E-state index contributed by atoms with van der Waals surface area (Å²) in [6.07, 6.45) is 0.619. The molecule has 0 saturated heterocycles. The van der Waals surface area contributed by atoms with Gasteiger partial charge in [-0.2, -0.15) is 0 Å². The molecule has 3 N–H and O–H groups in total. The zero-order chi connectivity index (χ0) is 9.47. The topological polar surface area (TPSA) is 76.0 Å². The molecule has 0 fully saturated rings. The predicted molar refractivity (Wildman–Crippen MR) is 49.9 cm³/mol. The van der Waals surface area contributed by atoms with Crippen LogP contribution in [-0.4, -0.2) is 19.2 Å². The second kappa shape index (κ2) is 2.85. The number of aryl methyl sites for hydroxylation is 1. The maximum atomic E-state index is 11.3. The zero-order valence-corrected chi connectivity index (χ0v) is 8.02. The van der Waals surface area contributed by atoms with Crippen LogP contribution in [0.15, 0.2) is 6.07 Å². The minimum atomic E-state index is -2.86. The fourth-order valence-electron chi connectivity index (χ4n) is 1.63. The molecule has 4 nitrogen and oxygen atoms in total. The normalized spacial score (nSPS) is 19.8. The quantitative estimate of drug-likeness (QED) is 0.667. The Hall–Kier alpha value is -0.810. The van der Waals surface area contributed by atoms with E-state index in [2.05, 4.69) is 4.98 Å². The van der Waals surface area contributed by atoms with Gasteiger partial charge in [-0.1, -0.05) is 0 Å². The maximum Gasteiger partial charge on any atom is 0.156 e. The van der Waals surface area contributed by atoms with E-state index in [9.17, 15) is 8.42 Å². The van der Waals surface area contributed by atoms with E-state index in [-0.39, 0.29) is 11.5 Å². The molecule has 0 aromatic carbocycles. The van der Waals surface area contributed by atoms with Gasteiger partial charge in [-0.3, -0.25) is 0 Å². The molecule has 2 rings (SSSR count). The van der Waals surface area contributed by atoms with Crippen molar-refractivity contribution in [3.05, 3.63) is 23.0 Å². The number of hydrogen-bond donors (Lipinski definition) is 2. The van der Waals surface area contributed by atoms with Gasteiger partial charge in [0.2, 0.25) is 0 Å². The summed E-state index contributed by atoms with van der Waals surface area (Å²) in [5.41, 5.74) is 8.30. The summed E-state index contributed by atoms with van der Waals surface area (Å²) >= 11 is 0. The van der Waals surface area contributed by atoms with Crippen molar-refractivity contribution in [1.29, 1.82) is 0 Å². The second-order valence-corrected chi connectivity index (χ2v) is 5.53. The van der Waals surface area contributed by atoms with Crippen molar-refractivity contribution in [2.45, 2.75) is 18.7 Å². The van der Waals surface area contributed by atoms with Crippen LogP contribution in [-0.2, 0) is 28.6 Å². The number of aromatic nitrogens is 1. The number of fused-ring (bicyclic) bond motifs is 1. The number of nitrogens with one attached hydrogen (secondary N) is 1. The molecule has 0 unspecified atom stereocenters. The van der Waals surface area contributed by atoms with Crippen LogP contribution in [0.25, 0.3) is 0 Å². The first kappa shape index (κ1) is 8.77. The first-order chi connectivity index (χ1) is 6.11. The molecular formula is C8H12N2O2S. The van der Waals surface area contributed by atoms with Crippen molar-refractivity contribution < 1.29 is 8.42 Å². The molecule has 1 aromatic heterocycles. The molecule has 1 aliphatic heterocycles. The third kappa shape index (κ3) is 1.62. The SMILES string of the molecule is NCc1cc2c([nH]1)CS(=O)(=O)CC2. The number of sulfone groups is 1. The van der Waals surface area contributed by atoms with Crippen molar-refractivity contribution in [2.24, 2.45) is 5.73 Å². The maximum absolute atomic E-state index is 11.3. The molecule has 1 aromatic rings. The summed E-state index contributed by atoms with van der Waals surface area (Å²) < 4.78 is 22.5. The summed E-state index contributed by atoms with van der Waals surface area (Å²) in [7, 11) is -2.86. The minimum Gasteiger partial charge on any atom is -0.360 e. The van der Waals surface area contributed by atoms with Crippen LogP contribution in [0, 0.1) is 0 Å². The van der Waals surface area contributed by atoms with Crippen LogP contribution < -0.4 is 5.73 Å². The zero-order valence-electron chi connectivity index (χ0n) is 7.21. The van der Waals surface area contributed by atoms with Gasteiger partial charge in [0, 0.05) is 17.9 Å². The lowest BCUT2D eigenvalue weighted by molar-refractivity contribution is 0.591. The molecule has 0 spiro atoms. The summed E-state index contributed by atoms with van der Waals surface area (Å²) in [4.78, 5) is 3.03. The summed E-state index contributed by atoms with van der Waals surface area (Å²) in [5, 5.41) is 0. The van der Waals surface area contributed by atoms with Crippen LogP contribution >= 0.6 is 0 Å². The van der Waals surface area contributed by atoms with Gasteiger partial charge in [0.25, 0.3) is 0 Å². The number of hydrogen-bond acceptors (Lipinski definition) is 3. The lowest BCUT2D eigenvalue weighted by Gasteiger charge is -2.10. The van der Waals surface area contributed by atoms with Crippen molar-refractivity contribution in [2.75, 3.05) is 5.75 Å². The second-order valence-electron chi connectivity index (χ2n) is 3.34. The molecule has 13 heavy (non-hydrogen) atoms. The molecule has 0 bridgehead atoms. The largest absolute Gasteiger partial charge is 0.360 e. The fraction of sp³-hybridized carbons (Fsp3) is 0.500. The highest BCUT2D eigenvalue weighted by Crippen LogP contribution is 2.20. The highest BCUT2D eigenvalue weighted by atomic mass is 32.2. The predicted octanol–water partition coefficient (Wildman–Crippen LogP) is -0.0557. The van der Waals surface area contributed by atoms with Crippen molar-refractivity contribution >= 4 is 9.84 Å².